The van der Waals surface area contributed by atoms with Gasteiger partial charge in [-0.2, -0.15) is 0 Å². The Bertz CT molecular complexity index is 385. The number of carbonyl (C=O) groups is 1. The van der Waals surface area contributed by atoms with Gasteiger partial charge in [0, 0.05) is 5.41 Å². The Balaban J connectivity index is 1.98. The van der Waals surface area contributed by atoms with Gasteiger partial charge in [0.1, 0.15) is 0 Å². The maximum absolute atomic E-state index is 11.0. The summed E-state index contributed by atoms with van der Waals surface area (Å²) in [5.41, 5.74) is 1.25. The van der Waals surface area contributed by atoms with Crippen LogP contribution in [0.3, 0.4) is 0 Å². The van der Waals surface area contributed by atoms with Gasteiger partial charge in [-0.05, 0) is 24.3 Å². The molecule has 0 bridgehead atoms. The maximum atomic E-state index is 11.0. The summed E-state index contributed by atoms with van der Waals surface area (Å²) in [5, 5.41) is 9.06. The van der Waals surface area contributed by atoms with Gasteiger partial charge in [0.2, 0.25) is 0 Å². The first-order chi connectivity index (χ1) is 6.77. The van der Waals surface area contributed by atoms with Crippen molar-refractivity contribution in [3.05, 3.63) is 35.9 Å². The van der Waals surface area contributed by atoms with Crippen molar-refractivity contribution in [2.45, 2.75) is 18.3 Å². The Hall–Kier alpha value is -1.31. The van der Waals surface area contributed by atoms with Crippen LogP contribution in [-0.2, 0) is 10.2 Å². The summed E-state index contributed by atoms with van der Waals surface area (Å²) < 4.78 is 0. The third-order valence-corrected chi connectivity index (χ3v) is 3.96. The summed E-state index contributed by atoms with van der Waals surface area (Å²) >= 11 is 0. The van der Waals surface area contributed by atoms with Crippen LogP contribution in [0.15, 0.2) is 30.3 Å². The molecule has 1 aromatic carbocycles. The van der Waals surface area contributed by atoms with Crippen molar-refractivity contribution in [2.75, 3.05) is 0 Å². The summed E-state index contributed by atoms with van der Waals surface area (Å²) in [5.74, 6) is -0.302. The van der Waals surface area contributed by atoms with Crippen LogP contribution < -0.4 is 0 Å². The van der Waals surface area contributed by atoms with E-state index < -0.39 is 5.97 Å². The van der Waals surface area contributed by atoms with Gasteiger partial charge < -0.3 is 5.11 Å². The summed E-state index contributed by atoms with van der Waals surface area (Å²) in [6, 6.07) is 10.1. The molecule has 2 heteroatoms. The predicted molar refractivity (Wildman–Crippen MR) is 52.0 cm³/mol. The van der Waals surface area contributed by atoms with E-state index in [1.807, 2.05) is 18.2 Å². The van der Waals surface area contributed by atoms with Gasteiger partial charge in [-0.15, -0.1) is 0 Å². The fraction of sp³-hybridized carbons (Fsp3) is 0.417. The van der Waals surface area contributed by atoms with Crippen molar-refractivity contribution in [1.82, 2.24) is 0 Å². The van der Waals surface area contributed by atoms with Crippen LogP contribution in [0.2, 0.25) is 0 Å². The van der Waals surface area contributed by atoms with Gasteiger partial charge in [-0.3, -0.25) is 4.79 Å². The molecule has 0 saturated heterocycles. The van der Waals surface area contributed by atoms with Crippen molar-refractivity contribution >= 4 is 5.97 Å². The molecule has 2 aliphatic carbocycles. The molecule has 0 spiro atoms. The summed E-state index contributed by atoms with van der Waals surface area (Å²) in [6.45, 7) is 0. The molecule has 0 radical (unpaired) electrons. The van der Waals surface area contributed by atoms with E-state index in [2.05, 4.69) is 12.1 Å². The highest BCUT2D eigenvalue weighted by atomic mass is 16.4. The number of carboxylic acids is 1. The minimum Gasteiger partial charge on any atom is -0.481 e. The number of rotatable bonds is 2. The lowest BCUT2D eigenvalue weighted by Crippen LogP contribution is -2.20. The van der Waals surface area contributed by atoms with Crippen LogP contribution >= 0.6 is 0 Å². The van der Waals surface area contributed by atoms with E-state index in [1.165, 1.54) is 5.56 Å². The first kappa shape index (κ1) is 8.04. The molecule has 3 atom stereocenters. The van der Waals surface area contributed by atoms with Crippen LogP contribution in [0.5, 0.6) is 0 Å². The molecule has 0 heterocycles. The number of benzene rings is 1. The normalized spacial score (nSPS) is 38.3. The van der Waals surface area contributed by atoms with Crippen molar-refractivity contribution in [3.8, 4) is 0 Å². The average Bonchev–Trinajstić information content (AvgIpc) is 2.65. The lowest BCUT2D eigenvalue weighted by molar-refractivity contribution is -0.139. The monoisotopic (exact) mass is 188 g/mol. The Morgan fingerprint density at radius 1 is 1.36 bits per heavy atom. The van der Waals surface area contributed by atoms with Crippen molar-refractivity contribution in [3.63, 3.8) is 0 Å². The van der Waals surface area contributed by atoms with Crippen molar-refractivity contribution in [1.29, 1.82) is 0 Å². The molecular formula is C12H12O2. The molecule has 3 unspecified atom stereocenters. The first-order valence-electron chi connectivity index (χ1n) is 5.05. The molecule has 2 saturated carbocycles. The molecule has 2 aliphatic rings. The largest absolute Gasteiger partial charge is 0.481 e. The molecule has 0 aromatic heterocycles. The van der Waals surface area contributed by atoms with Crippen LogP contribution in [0.1, 0.15) is 18.4 Å². The summed E-state index contributed by atoms with van der Waals surface area (Å²) in [7, 11) is 0. The Morgan fingerprint density at radius 3 is 2.50 bits per heavy atom. The Labute approximate surface area is 82.6 Å². The molecule has 2 nitrogen and oxygen atoms in total. The highest BCUT2D eigenvalue weighted by Gasteiger charge is 2.74. The quantitative estimate of drug-likeness (QED) is 0.771. The zero-order valence-corrected chi connectivity index (χ0v) is 7.81. The third kappa shape index (κ3) is 0.746. The predicted octanol–water partition coefficient (Wildman–Crippen LogP) is 2.05. The molecule has 1 N–H and O–H groups in total. The summed E-state index contributed by atoms with van der Waals surface area (Å²) in [4.78, 5) is 11.0. The second-order valence-electron chi connectivity index (χ2n) is 4.37. The average molecular weight is 188 g/mol. The number of hydrogen-bond acceptors (Lipinski definition) is 1. The van der Waals surface area contributed by atoms with Crippen molar-refractivity contribution < 1.29 is 9.90 Å². The molecule has 72 valence electrons. The fourth-order valence-electron chi connectivity index (χ4n) is 3.14. The van der Waals surface area contributed by atoms with Crippen LogP contribution in [0.25, 0.3) is 0 Å². The topological polar surface area (TPSA) is 37.3 Å². The lowest BCUT2D eigenvalue weighted by Gasteiger charge is -2.25. The van der Waals surface area contributed by atoms with Crippen LogP contribution in [0, 0.1) is 11.8 Å². The molecule has 0 amide bonds. The number of aliphatic carboxylic acids is 1. The smallest absolute Gasteiger partial charge is 0.307 e. The van der Waals surface area contributed by atoms with Crippen LogP contribution in [-0.4, -0.2) is 11.1 Å². The molecule has 14 heavy (non-hydrogen) atoms. The van der Waals surface area contributed by atoms with Gasteiger partial charge >= 0.3 is 5.97 Å². The molecule has 1 aromatic rings. The molecule has 3 rings (SSSR count). The molecule has 0 aliphatic heterocycles. The van der Waals surface area contributed by atoms with Gasteiger partial charge in [0.05, 0.1) is 5.92 Å². The minimum absolute atomic E-state index is 0.0209. The first-order valence-corrected chi connectivity index (χ1v) is 5.05. The van der Waals surface area contributed by atoms with E-state index in [9.17, 15) is 4.79 Å². The van der Waals surface area contributed by atoms with Gasteiger partial charge in [0.25, 0.3) is 0 Å². The maximum Gasteiger partial charge on any atom is 0.307 e. The van der Waals surface area contributed by atoms with E-state index in [0.717, 1.165) is 12.8 Å². The minimum atomic E-state index is -0.614. The number of fused-ring (bicyclic) bond motifs is 1. The van der Waals surface area contributed by atoms with Gasteiger partial charge in [-0.25, -0.2) is 0 Å². The second-order valence-corrected chi connectivity index (χ2v) is 4.37. The van der Waals surface area contributed by atoms with E-state index in [0.29, 0.717) is 5.92 Å². The SMILES string of the molecule is O=C(O)C1C2CCC21c1ccccc1. The highest BCUT2D eigenvalue weighted by Crippen LogP contribution is 2.72. The van der Waals surface area contributed by atoms with E-state index in [4.69, 9.17) is 5.11 Å². The third-order valence-electron chi connectivity index (χ3n) is 3.96. The zero-order chi connectivity index (χ0) is 9.76. The lowest BCUT2D eigenvalue weighted by atomic mass is 9.78. The second kappa shape index (κ2) is 2.38. The van der Waals surface area contributed by atoms with E-state index in [-0.39, 0.29) is 11.3 Å². The summed E-state index contributed by atoms with van der Waals surface area (Å²) in [6.07, 6.45) is 2.14. The fourth-order valence-corrected chi connectivity index (χ4v) is 3.14. The van der Waals surface area contributed by atoms with Crippen molar-refractivity contribution in [2.24, 2.45) is 11.8 Å². The Kier molecular flexibility index (Phi) is 1.37. The van der Waals surface area contributed by atoms with E-state index >= 15 is 0 Å². The van der Waals surface area contributed by atoms with Crippen LogP contribution in [0.4, 0.5) is 0 Å². The molecule has 2 fully saturated rings. The molecular weight excluding hydrogens is 176 g/mol. The highest BCUT2D eigenvalue weighted by molar-refractivity contribution is 5.79. The number of hydrogen-bond donors (Lipinski definition) is 1. The Morgan fingerprint density at radius 2 is 2.07 bits per heavy atom. The standard InChI is InChI=1S/C12H12O2/c13-11(14)10-9-6-7-12(9,10)8-4-2-1-3-5-8/h1-5,9-10H,6-7H2,(H,13,14). The van der Waals surface area contributed by atoms with E-state index in [1.54, 1.807) is 0 Å². The zero-order valence-electron chi connectivity index (χ0n) is 7.81. The van der Waals surface area contributed by atoms with Gasteiger partial charge in [-0.1, -0.05) is 30.3 Å². The number of carboxylic acid groups (broad SMARTS) is 1. The van der Waals surface area contributed by atoms with Gasteiger partial charge in [0.15, 0.2) is 0 Å².